The summed E-state index contributed by atoms with van der Waals surface area (Å²) in [6.45, 7) is -3.66. The number of aliphatic carboxylic acids is 1. The molecule has 5 fully saturated rings. The minimum Gasteiger partial charge on any atom is -0.508 e. The van der Waals surface area contributed by atoms with E-state index in [1.807, 2.05) is 0 Å². The van der Waals surface area contributed by atoms with E-state index in [2.05, 4.69) is 0 Å². The molecule has 4 aromatic rings. The molecule has 0 bridgehead atoms. The molecule has 40 nitrogen and oxygen atoms in total. The summed E-state index contributed by atoms with van der Waals surface area (Å²) in [7, 11) is 0. The molecule has 6 aliphatic heterocycles. The molecule has 0 amide bonds. The van der Waals surface area contributed by atoms with Crippen LogP contribution in [0.5, 0.6) is 28.7 Å². The van der Waals surface area contributed by atoms with Crippen LogP contribution in [-0.2, 0) is 80.8 Å². The van der Waals surface area contributed by atoms with Crippen molar-refractivity contribution in [1.29, 1.82) is 0 Å². The molecular weight excluding hydrogens is 1540 g/mol. The number of aliphatic hydroxyl groups excluding tert-OH is 17. The maximum atomic E-state index is 13.1. The number of aromatic hydroxyl groups is 2. The van der Waals surface area contributed by atoms with Gasteiger partial charge in [-0.1, -0.05) is 36.4 Å². The number of carboxylic acid groups (broad SMARTS) is 1. The van der Waals surface area contributed by atoms with Crippen LogP contribution in [-0.4, -0.2) is 325 Å². The van der Waals surface area contributed by atoms with Gasteiger partial charge >= 0.3 is 29.8 Å². The summed E-state index contributed by atoms with van der Waals surface area (Å²) in [6, 6.07) is 20.5. The van der Waals surface area contributed by atoms with Gasteiger partial charge in [0.1, 0.15) is 190 Å². The summed E-state index contributed by atoms with van der Waals surface area (Å²) >= 11 is 0. The molecule has 0 saturated carbocycles. The maximum Gasteiger partial charge on any atom is 0.330 e. The minimum atomic E-state index is -2.14. The zero-order valence-corrected chi connectivity index (χ0v) is 59.7. The fraction of sp³-hybridized carbons (Fsp3) is 0.427. The third-order valence-corrected chi connectivity index (χ3v) is 18.7. The number of ether oxygens (including phenoxy) is 15. The molecule has 20 N–H and O–H groups in total. The lowest BCUT2D eigenvalue weighted by Gasteiger charge is -2.41. The average Bonchev–Trinajstić information content (AvgIpc) is 0.764. The highest BCUT2D eigenvalue weighted by atomic mass is 16.7. The summed E-state index contributed by atoms with van der Waals surface area (Å²) in [5.41, 5.74) is 0.921. The first-order valence-electron chi connectivity index (χ1n) is 35.2. The van der Waals surface area contributed by atoms with Crippen molar-refractivity contribution < 1.29 is 197 Å². The van der Waals surface area contributed by atoms with Gasteiger partial charge in [0.05, 0.1) is 12.2 Å². The highest BCUT2D eigenvalue weighted by molar-refractivity contribution is 5.90. The zero-order chi connectivity index (χ0) is 82.8. The van der Waals surface area contributed by atoms with Crippen molar-refractivity contribution in [3.8, 4) is 28.7 Å². The molecule has 5 saturated heterocycles. The number of allylic oxidation sites excluding steroid dienone is 1. The van der Waals surface area contributed by atoms with Gasteiger partial charge in [-0.3, -0.25) is 9.59 Å². The summed E-state index contributed by atoms with van der Waals surface area (Å²) < 4.78 is 84.5. The minimum absolute atomic E-state index is 0.0209. The van der Waals surface area contributed by atoms with Crippen molar-refractivity contribution in [2.75, 3.05) is 33.0 Å². The van der Waals surface area contributed by atoms with Gasteiger partial charge < -0.3 is 173 Å². The van der Waals surface area contributed by atoms with Gasteiger partial charge in [0.2, 0.25) is 25.2 Å². The summed E-state index contributed by atoms with van der Waals surface area (Å²) in [5, 5.41) is 212. The number of esters is 4. The van der Waals surface area contributed by atoms with Crippen LogP contribution in [0.25, 0.3) is 24.0 Å². The lowest BCUT2D eigenvalue weighted by molar-refractivity contribution is -0.305. The number of fused-ring (bicyclic) bond motifs is 1. The summed E-state index contributed by atoms with van der Waals surface area (Å²) in [5.74, 6) is -8.69. The SMILES string of the molecule is O=C(O)CC(=O)OCC1OC(OC2=C(c3ccc(O)c(OC4OC(COC(=O)C=Cc5ccc(OC6OC(COC(=O)C=Cc7ccc(OC8OC(CO)C(O)C(O)C8O)cc7)C(O)C(O)C6O)cc5)C(O)C(O)C4O)c3)OC3=CC(OC4OC(COC(=O)C=Cc5ccc(O)cc5)C(O)C(O)C4O)C=C(O)C3=C2)C(O)C(O)C1O. The summed E-state index contributed by atoms with van der Waals surface area (Å²) in [6.07, 6.45) is -37.1. The molecule has 0 aromatic heterocycles. The van der Waals surface area contributed by atoms with Crippen molar-refractivity contribution >= 4 is 53.8 Å². The van der Waals surface area contributed by atoms with E-state index in [4.69, 9.17) is 76.2 Å². The molecular formula is C75H82O40. The fourth-order valence-corrected chi connectivity index (χ4v) is 12.2. The Morgan fingerprint density at radius 3 is 1.23 bits per heavy atom. The molecule has 115 heavy (non-hydrogen) atoms. The smallest absolute Gasteiger partial charge is 0.330 e. The standard InChI is InChI=1S/C75H82O40/c76-26-45-55(86)60(91)65(96)71(111-45)105-36-13-3-32(4-14-36)8-19-52(83)101-27-46-56(87)61(92)66(97)72(112-46)106-37-15-5-33(6-16-37)9-20-53(84)103-29-48-58(89)63(94)68(99)74(114-48)109-43-21-34(10-17-40(43)78)70-44(110-75-69(100)64(95)59(90)49(115-75)30-104-54(85)25-50(80)81)24-39-41(79)22-38(23-42(39)108-70)107-73-67(98)62(93)57(88)47(113-73)28-102-51(82)18-7-31-1-11-35(77)12-2-31/h1-24,38,45-49,55-69,71-79,86-100H,25-30H2,(H,80,81). The molecule has 1 aliphatic carbocycles. The number of carbonyl (C=O) groups excluding carboxylic acids is 4. The van der Waals surface area contributed by atoms with E-state index < -0.39 is 258 Å². The first-order chi connectivity index (χ1) is 54.8. The van der Waals surface area contributed by atoms with E-state index in [1.165, 1.54) is 103 Å². The predicted octanol–water partition coefficient (Wildman–Crippen LogP) is -4.58. The quantitative estimate of drug-likeness (QED) is 0.0110. The largest absolute Gasteiger partial charge is 0.508 e. The van der Waals surface area contributed by atoms with Crippen molar-refractivity contribution in [1.82, 2.24) is 0 Å². The zero-order valence-electron chi connectivity index (χ0n) is 59.7. The Morgan fingerprint density at radius 2 is 0.791 bits per heavy atom. The van der Waals surface area contributed by atoms with Crippen LogP contribution in [0.3, 0.4) is 0 Å². The molecule has 0 radical (unpaired) electrons. The Balaban J connectivity index is 0.719. The molecule has 7 aliphatic rings. The Bertz CT molecular complexity index is 4270. The van der Waals surface area contributed by atoms with Gasteiger partial charge in [-0.15, -0.1) is 0 Å². The van der Waals surface area contributed by atoms with E-state index in [1.54, 1.807) is 0 Å². The Labute approximate surface area is 649 Å². The van der Waals surface area contributed by atoms with Gasteiger partial charge in [-0.2, -0.15) is 0 Å². The van der Waals surface area contributed by atoms with Gasteiger partial charge in [0, 0.05) is 23.8 Å². The third-order valence-electron chi connectivity index (χ3n) is 18.7. The molecule has 0 spiro atoms. The Morgan fingerprint density at radius 1 is 0.409 bits per heavy atom. The Kier molecular flexibility index (Phi) is 28.5. The topological polar surface area (TPSA) is 628 Å². The van der Waals surface area contributed by atoms with E-state index in [-0.39, 0.29) is 34.1 Å². The molecule has 4 aromatic carbocycles. The predicted molar refractivity (Wildman–Crippen MR) is 376 cm³/mol. The first kappa shape index (κ1) is 85.8. The summed E-state index contributed by atoms with van der Waals surface area (Å²) in [4.78, 5) is 61.8. The van der Waals surface area contributed by atoms with Crippen LogP contribution >= 0.6 is 0 Å². The number of benzene rings is 4. The highest BCUT2D eigenvalue weighted by Gasteiger charge is 2.51. The number of phenols is 2. The molecule has 11 rings (SSSR count). The van der Waals surface area contributed by atoms with Crippen LogP contribution in [0.15, 0.2) is 150 Å². The molecule has 26 atom stereocenters. The average molecular weight is 1620 g/mol. The second-order valence-corrected chi connectivity index (χ2v) is 26.8. The van der Waals surface area contributed by atoms with E-state index >= 15 is 0 Å². The van der Waals surface area contributed by atoms with Gasteiger partial charge in [-0.05, 0) is 108 Å². The molecule has 6 heterocycles. The third kappa shape index (κ3) is 21.2. The number of phenolic OH excluding ortho intramolecular Hbond substituents is 2. The van der Waals surface area contributed by atoms with Crippen molar-refractivity contribution in [2.45, 2.75) is 166 Å². The van der Waals surface area contributed by atoms with Crippen molar-refractivity contribution in [3.05, 3.63) is 173 Å². The van der Waals surface area contributed by atoms with Crippen LogP contribution in [0.1, 0.15) is 28.7 Å². The second kappa shape index (κ2) is 38.1. The number of hydrogen-bond acceptors (Lipinski definition) is 39. The van der Waals surface area contributed by atoms with Crippen molar-refractivity contribution in [3.63, 3.8) is 0 Å². The highest BCUT2D eigenvalue weighted by Crippen LogP contribution is 2.43. The van der Waals surface area contributed by atoms with E-state index in [0.717, 1.165) is 42.5 Å². The molecule has 622 valence electrons. The first-order valence-corrected chi connectivity index (χ1v) is 35.2. The lowest BCUT2D eigenvalue weighted by Crippen LogP contribution is -2.60. The lowest BCUT2D eigenvalue weighted by atomic mass is 9.97. The number of aliphatic hydroxyl groups is 17. The fourth-order valence-electron chi connectivity index (χ4n) is 12.2. The van der Waals surface area contributed by atoms with E-state index in [9.17, 15) is 121 Å². The maximum absolute atomic E-state index is 13.1. The van der Waals surface area contributed by atoms with Gasteiger partial charge in [0.25, 0.3) is 0 Å². The van der Waals surface area contributed by atoms with Crippen LogP contribution in [0.2, 0.25) is 0 Å². The Hall–Kier alpha value is -10.1. The second-order valence-electron chi connectivity index (χ2n) is 26.8. The van der Waals surface area contributed by atoms with Crippen LogP contribution < -0.4 is 14.2 Å². The number of rotatable bonds is 28. The normalized spacial score (nSPS) is 33.5. The van der Waals surface area contributed by atoms with Gasteiger partial charge in [-0.25, -0.2) is 14.4 Å². The van der Waals surface area contributed by atoms with Gasteiger partial charge in [0.15, 0.2) is 29.3 Å². The number of hydrogen-bond donors (Lipinski definition) is 20. The molecule has 26 unspecified atom stereocenters. The van der Waals surface area contributed by atoms with Crippen molar-refractivity contribution in [2.24, 2.45) is 0 Å². The monoisotopic (exact) mass is 1620 g/mol. The van der Waals surface area contributed by atoms with Crippen LogP contribution in [0, 0.1) is 0 Å². The number of carboxylic acids is 1. The number of carbonyl (C=O) groups is 5. The van der Waals surface area contributed by atoms with Crippen LogP contribution in [0.4, 0.5) is 0 Å². The molecule has 40 heteroatoms. The van der Waals surface area contributed by atoms with E-state index in [0.29, 0.717) is 16.7 Å².